The molecular formula is C17H18N2OS. The molecule has 0 aliphatic heterocycles. The van der Waals surface area contributed by atoms with Crippen LogP contribution in [-0.4, -0.2) is 0 Å². The Bertz CT molecular complexity index is 718. The van der Waals surface area contributed by atoms with Gasteiger partial charge < -0.3 is 4.42 Å². The molecular weight excluding hydrogens is 280 g/mol. The van der Waals surface area contributed by atoms with Gasteiger partial charge in [0.1, 0.15) is 17.4 Å². The third-order valence-corrected chi connectivity index (χ3v) is 5.50. The molecule has 2 heterocycles. The summed E-state index contributed by atoms with van der Waals surface area (Å²) in [6.07, 6.45) is 5.01. The Kier molecular flexibility index (Phi) is 3.30. The summed E-state index contributed by atoms with van der Waals surface area (Å²) in [5.74, 6) is 6.70. The van der Waals surface area contributed by atoms with Gasteiger partial charge in [-0.15, -0.1) is 11.3 Å². The molecule has 4 rings (SSSR count). The van der Waals surface area contributed by atoms with Crippen molar-refractivity contribution in [2.75, 3.05) is 0 Å². The van der Waals surface area contributed by atoms with Crippen LogP contribution in [0.3, 0.4) is 0 Å². The van der Waals surface area contributed by atoms with E-state index in [4.69, 9.17) is 10.3 Å². The maximum atomic E-state index is 5.97. The number of fused-ring (bicyclic) bond motifs is 2. The quantitative estimate of drug-likeness (QED) is 0.569. The third-order valence-electron chi connectivity index (χ3n) is 4.20. The molecule has 21 heavy (non-hydrogen) atoms. The first-order valence-corrected chi connectivity index (χ1v) is 8.23. The number of nitrogens with two attached hydrogens (primary N) is 1. The number of aryl methyl sites for hydroxylation is 2. The largest absolute Gasteiger partial charge is 0.459 e. The number of para-hydroxylation sites is 1. The van der Waals surface area contributed by atoms with E-state index in [1.54, 1.807) is 0 Å². The van der Waals surface area contributed by atoms with Crippen LogP contribution in [0.25, 0.3) is 11.0 Å². The first-order chi connectivity index (χ1) is 10.3. The van der Waals surface area contributed by atoms with Gasteiger partial charge in [0.2, 0.25) is 0 Å². The van der Waals surface area contributed by atoms with Crippen molar-refractivity contribution in [3.05, 3.63) is 57.5 Å². The second-order valence-corrected chi connectivity index (χ2v) is 6.76. The number of rotatable bonds is 3. The minimum Gasteiger partial charge on any atom is -0.459 e. The van der Waals surface area contributed by atoms with E-state index in [1.165, 1.54) is 41.0 Å². The number of hydrogen-bond donors (Lipinski definition) is 2. The van der Waals surface area contributed by atoms with E-state index in [-0.39, 0.29) is 6.04 Å². The van der Waals surface area contributed by atoms with E-state index in [1.807, 2.05) is 29.5 Å². The van der Waals surface area contributed by atoms with Crippen LogP contribution in [0.4, 0.5) is 0 Å². The lowest BCUT2D eigenvalue weighted by Gasteiger charge is -2.10. The summed E-state index contributed by atoms with van der Waals surface area (Å²) < 4.78 is 5.97. The Labute approximate surface area is 127 Å². The molecule has 3 nitrogen and oxygen atoms in total. The van der Waals surface area contributed by atoms with Crippen molar-refractivity contribution >= 4 is 22.3 Å². The van der Waals surface area contributed by atoms with Gasteiger partial charge in [-0.05, 0) is 49.4 Å². The van der Waals surface area contributed by atoms with Gasteiger partial charge in [-0.1, -0.05) is 18.2 Å². The predicted octanol–water partition coefficient (Wildman–Crippen LogP) is 3.93. The van der Waals surface area contributed by atoms with Gasteiger partial charge in [0.15, 0.2) is 0 Å². The van der Waals surface area contributed by atoms with Gasteiger partial charge in [-0.2, -0.15) is 0 Å². The second kappa shape index (κ2) is 5.30. The summed E-state index contributed by atoms with van der Waals surface area (Å²) in [6, 6.07) is 12.4. The van der Waals surface area contributed by atoms with Crippen molar-refractivity contribution in [2.24, 2.45) is 5.84 Å². The van der Waals surface area contributed by atoms with Crippen molar-refractivity contribution < 1.29 is 4.42 Å². The third kappa shape index (κ3) is 2.29. The minimum atomic E-state index is -0.0620. The fourth-order valence-corrected chi connectivity index (χ4v) is 4.43. The highest BCUT2D eigenvalue weighted by atomic mass is 32.1. The van der Waals surface area contributed by atoms with Gasteiger partial charge in [0.05, 0.1) is 0 Å². The highest BCUT2D eigenvalue weighted by Gasteiger charge is 2.22. The second-order valence-electron chi connectivity index (χ2n) is 5.59. The Morgan fingerprint density at radius 2 is 2.00 bits per heavy atom. The van der Waals surface area contributed by atoms with Crippen LogP contribution in [0.1, 0.15) is 40.0 Å². The van der Waals surface area contributed by atoms with Crippen LogP contribution in [0.5, 0.6) is 0 Å². The van der Waals surface area contributed by atoms with Gasteiger partial charge in [0, 0.05) is 15.1 Å². The normalized spacial score (nSPS) is 16.0. The van der Waals surface area contributed by atoms with Gasteiger partial charge >= 0.3 is 0 Å². The Balaban J connectivity index is 1.75. The molecule has 1 aliphatic rings. The molecule has 2 aromatic heterocycles. The standard InChI is InChI=1S/C17H18N2OS/c18-19-17(14-9-11-5-1-3-7-13(11)20-14)16-10-12-6-2-4-8-15(12)21-16/h1,3,5,7,9-10,17,19H,2,4,6,8,18H2. The van der Waals surface area contributed by atoms with E-state index < -0.39 is 0 Å². The molecule has 0 saturated heterocycles. The maximum Gasteiger partial charge on any atom is 0.134 e. The molecule has 0 bridgehead atoms. The van der Waals surface area contributed by atoms with E-state index in [0.29, 0.717) is 0 Å². The van der Waals surface area contributed by atoms with E-state index in [9.17, 15) is 0 Å². The molecule has 0 amide bonds. The topological polar surface area (TPSA) is 51.2 Å². The zero-order valence-corrected chi connectivity index (χ0v) is 12.6. The van der Waals surface area contributed by atoms with Crippen LogP contribution in [-0.2, 0) is 12.8 Å². The first-order valence-electron chi connectivity index (χ1n) is 7.41. The summed E-state index contributed by atoms with van der Waals surface area (Å²) >= 11 is 1.87. The van der Waals surface area contributed by atoms with Crippen molar-refractivity contribution in [1.82, 2.24) is 5.43 Å². The molecule has 0 saturated carbocycles. The monoisotopic (exact) mass is 298 g/mol. The van der Waals surface area contributed by atoms with Crippen molar-refractivity contribution in [3.63, 3.8) is 0 Å². The van der Waals surface area contributed by atoms with Crippen LogP contribution in [0, 0.1) is 0 Å². The van der Waals surface area contributed by atoms with Crippen LogP contribution >= 0.6 is 11.3 Å². The highest BCUT2D eigenvalue weighted by Crippen LogP contribution is 2.36. The number of hydrazine groups is 1. The van der Waals surface area contributed by atoms with E-state index >= 15 is 0 Å². The number of nitrogens with one attached hydrogen (secondary N) is 1. The average molecular weight is 298 g/mol. The number of hydrogen-bond acceptors (Lipinski definition) is 4. The van der Waals surface area contributed by atoms with Crippen LogP contribution < -0.4 is 11.3 Å². The zero-order chi connectivity index (χ0) is 14.2. The molecule has 108 valence electrons. The zero-order valence-electron chi connectivity index (χ0n) is 11.8. The minimum absolute atomic E-state index is 0.0620. The number of furan rings is 1. The molecule has 3 aromatic rings. The van der Waals surface area contributed by atoms with Crippen LogP contribution in [0.15, 0.2) is 40.8 Å². The fraction of sp³-hybridized carbons (Fsp3) is 0.294. The summed E-state index contributed by atoms with van der Waals surface area (Å²) in [6.45, 7) is 0. The fourth-order valence-electron chi connectivity index (χ4n) is 3.11. The van der Waals surface area contributed by atoms with Crippen molar-refractivity contribution in [3.8, 4) is 0 Å². The lowest BCUT2D eigenvalue weighted by molar-refractivity contribution is 0.481. The molecule has 1 aliphatic carbocycles. The molecule has 1 atom stereocenters. The highest BCUT2D eigenvalue weighted by molar-refractivity contribution is 7.12. The smallest absolute Gasteiger partial charge is 0.134 e. The lowest BCUT2D eigenvalue weighted by atomic mass is 9.98. The van der Waals surface area contributed by atoms with Gasteiger partial charge in [0.25, 0.3) is 0 Å². The average Bonchev–Trinajstić information content (AvgIpc) is 3.11. The molecule has 0 fully saturated rings. The van der Waals surface area contributed by atoms with E-state index in [2.05, 4.69) is 23.6 Å². The summed E-state index contributed by atoms with van der Waals surface area (Å²) in [7, 11) is 0. The SMILES string of the molecule is NNC(c1cc2ccccc2o1)c1cc2c(s1)CCCC2. The first kappa shape index (κ1) is 13.1. The van der Waals surface area contributed by atoms with Crippen molar-refractivity contribution in [2.45, 2.75) is 31.7 Å². The lowest BCUT2D eigenvalue weighted by Crippen LogP contribution is -2.27. The number of benzene rings is 1. The molecule has 1 aromatic carbocycles. The Morgan fingerprint density at radius 1 is 1.14 bits per heavy atom. The Morgan fingerprint density at radius 3 is 2.81 bits per heavy atom. The van der Waals surface area contributed by atoms with Crippen molar-refractivity contribution in [1.29, 1.82) is 0 Å². The van der Waals surface area contributed by atoms with E-state index in [0.717, 1.165) is 16.7 Å². The molecule has 0 spiro atoms. The van der Waals surface area contributed by atoms with Gasteiger partial charge in [-0.25, -0.2) is 5.43 Å². The van der Waals surface area contributed by atoms with Crippen LogP contribution in [0.2, 0.25) is 0 Å². The predicted molar refractivity (Wildman–Crippen MR) is 86.3 cm³/mol. The molecule has 3 N–H and O–H groups in total. The van der Waals surface area contributed by atoms with Gasteiger partial charge in [-0.3, -0.25) is 5.84 Å². The molecule has 0 radical (unpaired) electrons. The summed E-state index contributed by atoms with van der Waals surface area (Å²) in [5, 5.41) is 1.12. The summed E-state index contributed by atoms with van der Waals surface area (Å²) in [5.41, 5.74) is 5.33. The molecule has 1 unspecified atom stereocenters. The Hall–Kier alpha value is -1.62. The summed E-state index contributed by atoms with van der Waals surface area (Å²) in [4.78, 5) is 2.77. The maximum absolute atomic E-state index is 5.97. The number of thiophene rings is 1. The molecule has 4 heteroatoms.